The van der Waals surface area contributed by atoms with Crippen molar-refractivity contribution in [3.05, 3.63) is 35.6 Å². The molecule has 2 aliphatic rings. The van der Waals surface area contributed by atoms with Crippen molar-refractivity contribution < 1.29 is 27.8 Å². The summed E-state index contributed by atoms with van der Waals surface area (Å²) < 4.78 is 45.8. The number of likely N-dealkylation sites (tertiary alicyclic amines) is 1. The van der Waals surface area contributed by atoms with Gasteiger partial charge >= 0.3 is 0 Å². The molecule has 1 aliphatic heterocycles. The highest BCUT2D eigenvalue weighted by molar-refractivity contribution is 5.76. The van der Waals surface area contributed by atoms with E-state index in [1.807, 2.05) is 11.9 Å². The molecule has 35 heavy (non-hydrogen) atoms. The van der Waals surface area contributed by atoms with Gasteiger partial charge in [0, 0.05) is 52.0 Å². The molecule has 198 valence electrons. The van der Waals surface area contributed by atoms with E-state index in [-0.39, 0.29) is 36.5 Å². The van der Waals surface area contributed by atoms with E-state index in [1.54, 1.807) is 19.2 Å². The second kappa shape index (κ2) is 12.5. The van der Waals surface area contributed by atoms with Crippen LogP contribution in [0.4, 0.5) is 13.2 Å². The van der Waals surface area contributed by atoms with E-state index < -0.39 is 17.3 Å². The fourth-order valence-corrected chi connectivity index (χ4v) is 5.90. The molecule has 0 spiro atoms. The number of hydrogen-bond acceptors (Lipinski definition) is 4. The standard InChI is InChI=1S/C27H41F3N2O3/c1-31-18-20(13-21-16-26(29,30)17-21)14-25(33)32-11-6-8-23(19-32)27(34,10-3-4-12-35-2)22-7-5-9-24(28)15-22/h5,7,9,15,20-21,23,31,34H,3-4,6,8,10-14,16-19H2,1-2H3/t20-,23-,27-/m1/s1. The molecule has 0 unspecified atom stereocenters. The Hall–Kier alpha value is -1.64. The number of methoxy groups -OCH3 is 1. The van der Waals surface area contributed by atoms with Crippen LogP contribution in [-0.2, 0) is 15.1 Å². The van der Waals surface area contributed by atoms with Crippen LogP contribution in [0.15, 0.2) is 24.3 Å². The van der Waals surface area contributed by atoms with Crippen LogP contribution in [-0.4, -0.2) is 62.2 Å². The summed E-state index contributed by atoms with van der Waals surface area (Å²) in [7, 11) is 3.45. The summed E-state index contributed by atoms with van der Waals surface area (Å²) in [6, 6.07) is 6.14. The topological polar surface area (TPSA) is 61.8 Å². The molecule has 3 atom stereocenters. The Morgan fingerprint density at radius 1 is 1.34 bits per heavy atom. The minimum Gasteiger partial charge on any atom is -0.385 e. The number of rotatable bonds is 13. The zero-order valence-corrected chi connectivity index (χ0v) is 21.1. The summed E-state index contributed by atoms with van der Waals surface area (Å²) >= 11 is 0. The molecular weight excluding hydrogens is 457 g/mol. The fourth-order valence-electron chi connectivity index (χ4n) is 5.90. The van der Waals surface area contributed by atoms with E-state index in [0.717, 1.165) is 25.7 Å². The van der Waals surface area contributed by atoms with Gasteiger partial charge in [-0.1, -0.05) is 12.1 Å². The van der Waals surface area contributed by atoms with E-state index in [2.05, 4.69) is 5.32 Å². The minimum absolute atomic E-state index is 0.00186. The zero-order chi connectivity index (χ0) is 25.5. The summed E-state index contributed by atoms with van der Waals surface area (Å²) in [5.41, 5.74) is -0.690. The average Bonchev–Trinajstić information content (AvgIpc) is 2.80. The maximum absolute atomic E-state index is 14.1. The number of unbranched alkanes of at least 4 members (excludes halogenated alkanes) is 1. The largest absolute Gasteiger partial charge is 0.385 e. The van der Waals surface area contributed by atoms with Crippen LogP contribution in [0.1, 0.15) is 63.4 Å². The van der Waals surface area contributed by atoms with Gasteiger partial charge in [0.05, 0.1) is 5.60 Å². The maximum atomic E-state index is 14.1. The maximum Gasteiger partial charge on any atom is 0.248 e. The van der Waals surface area contributed by atoms with Crippen LogP contribution in [0.2, 0.25) is 0 Å². The highest BCUT2D eigenvalue weighted by Gasteiger charge is 2.46. The summed E-state index contributed by atoms with van der Waals surface area (Å²) in [6.07, 6.45) is 4.24. The second-order valence-electron chi connectivity index (χ2n) is 10.6. The number of nitrogens with one attached hydrogen (secondary N) is 1. The van der Waals surface area contributed by atoms with Crippen LogP contribution < -0.4 is 5.32 Å². The Bertz CT molecular complexity index is 817. The molecule has 1 aliphatic carbocycles. The number of alkyl halides is 2. The molecule has 1 heterocycles. The van der Waals surface area contributed by atoms with Crippen molar-refractivity contribution >= 4 is 5.91 Å². The monoisotopic (exact) mass is 498 g/mol. The summed E-state index contributed by atoms with van der Waals surface area (Å²) in [5, 5.41) is 15.0. The third-order valence-corrected chi connectivity index (χ3v) is 7.73. The molecule has 8 heteroatoms. The van der Waals surface area contributed by atoms with Gasteiger partial charge in [-0.2, -0.15) is 0 Å². The Kier molecular flexibility index (Phi) is 10.0. The van der Waals surface area contributed by atoms with Gasteiger partial charge in [-0.3, -0.25) is 4.79 Å². The van der Waals surface area contributed by atoms with Gasteiger partial charge in [0.1, 0.15) is 5.82 Å². The van der Waals surface area contributed by atoms with E-state index in [0.29, 0.717) is 51.1 Å². The molecule has 3 rings (SSSR count). The first-order valence-corrected chi connectivity index (χ1v) is 12.9. The minimum atomic E-state index is -2.55. The van der Waals surface area contributed by atoms with Crippen molar-refractivity contribution in [3.63, 3.8) is 0 Å². The van der Waals surface area contributed by atoms with Crippen LogP contribution in [0.3, 0.4) is 0 Å². The highest BCUT2D eigenvalue weighted by Crippen LogP contribution is 2.46. The number of carbonyl (C=O) groups excluding carboxylic acids is 1. The number of halogens is 3. The summed E-state index contributed by atoms with van der Waals surface area (Å²) in [6.45, 7) is 2.22. The Morgan fingerprint density at radius 3 is 2.77 bits per heavy atom. The van der Waals surface area contributed by atoms with Gasteiger partial charge in [-0.05, 0) is 81.6 Å². The number of carbonyl (C=O) groups is 1. The Morgan fingerprint density at radius 2 is 2.11 bits per heavy atom. The number of amides is 1. The number of hydrogen-bond donors (Lipinski definition) is 2. The van der Waals surface area contributed by atoms with E-state index in [1.165, 1.54) is 12.1 Å². The Labute approximate surface area is 207 Å². The van der Waals surface area contributed by atoms with Crippen LogP contribution in [0, 0.1) is 23.6 Å². The summed E-state index contributed by atoms with van der Waals surface area (Å²) in [4.78, 5) is 15.1. The number of nitrogens with zero attached hydrogens (tertiary/aromatic N) is 1. The molecule has 5 nitrogen and oxygen atoms in total. The predicted molar refractivity (Wildman–Crippen MR) is 130 cm³/mol. The van der Waals surface area contributed by atoms with Gasteiger partial charge in [-0.25, -0.2) is 13.2 Å². The van der Waals surface area contributed by atoms with E-state index >= 15 is 0 Å². The van der Waals surface area contributed by atoms with Gasteiger partial charge in [-0.15, -0.1) is 0 Å². The van der Waals surface area contributed by atoms with Crippen LogP contribution in [0.5, 0.6) is 0 Å². The van der Waals surface area contributed by atoms with E-state index in [4.69, 9.17) is 4.74 Å². The van der Waals surface area contributed by atoms with Gasteiger partial charge in [0.25, 0.3) is 0 Å². The lowest BCUT2D eigenvalue weighted by atomic mass is 9.73. The number of aliphatic hydroxyl groups is 1. The van der Waals surface area contributed by atoms with E-state index in [9.17, 15) is 23.1 Å². The van der Waals surface area contributed by atoms with Gasteiger partial charge < -0.3 is 20.1 Å². The lowest BCUT2D eigenvalue weighted by Crippen LogP contribution is -2.48. The SMILES string of the molecule is CNC[C@@H](CC(=O)N1CCC[C@@H]([C@@](O)(CCCCOC)c2cccc(F)c2)C1)CC1CC(F)(F)C1. The fraction of sp³-hybridized carbons (Fsp3) is 0.741. The summed E-state index contributed by atoms with van der Waals surface area (Å²) in [5.74, 6) is -3.18. The number of piperidine rings is 1. The molecule has 1 aromatic carbocycles. The average molecular weight is 499 g/mol. The molecule has 1 amide bonds. The van der Waals surface area contributed by atoms with Crippen molar-refractivity contribution in [2.45, 2.75) is 69.3 Å². The first-order valence-electron chi connectivity index (χ1n) is 12.9. The lowest BCUT2D eigenvalue weighted by molar-refractivity contribution is -0.138. The molecule has 1 aromatic rings. The van der Waals surface area contributed by atoms with Crippen molar-refractivity contribution in [1.29, 1.82) is 0 Å². The third-order valence-electron chi connectivity index (χ3n) is 7.73. The van der Waals surface area contributed by atoms with Crippen LogP contribution >= 0.6 is 0 Å². The molecule has 0 aromatic heterocycles. The molecule has 1 saturated heterocycles. The van der Waals surface area contributed by atoms with Gasteiger partial charge in [0.15, 0.2) is 0 Å². The third kappa shape index (κ3) is 7.67. The van der Waals surface area contributed by atoms with Crippen LogP contribution in [0.25, 0.3) is 0 Å². The van der Waals surface area contributed by atoms with Crippen molar-refractivity contribution in [3.8, 4) is 0 Å². The quantitative estimate of drug-likeness (QED) is 0.386. The van der Waals surface area contributed by atoms with Crippen molar-refractivity contribution in [2.75, 3.05) is 40.4 Å². The molecule has 0 bridgehead atoms. The first kappa shape index (κ1) is 27.9. The van der Waals surface area contributed by atoms with Crippen molar-refractivity contribution in [2.24, 2.45) is 17.8 Å². The number of benzene rings is 1. The molecule has 0 radical (unpaired) electrons. The lowest BCUT2D eigenvalue weighted by Gasteiger charge is -2.43. The Balaban J connectivity index is 1.67. The number of ether oxygens (including phenoxy) is 1. The normalized spacial score (nSPS) is 22.9. The molecule has 2 fully saturated rings. The van der Waals surface area contributed by atoms with Gasteiger partial charge in [0.2, 0.25) is 11.8 Å². The predicted octanol–water partition coefficient (Wildman–Crippen LogP) is 4.73. The first-order chi connectivity index (χ1) is 16.7. The van der Waals surface area contributed by atoms with Crippen molar-refractivity contribution in [1.82, 2.24) is 10.2 Å². The second-order valence-corrected chi connectivity index (χ2v) is 10.6. The highest BCUT2D eigenvalue weighted by atomic mass is 19.3. The smallest absolute Gasteiger partial charge is 0.248 e. The molecule has 1 saturated carbocycles. The zero-order valence-electron chi connectivity index (χ0n) is 21.1. The molecular formula is C27H41F3N2O3. The molecule has 2 N–H and O–H groups in total.